The molecule has 0 spiro atoms. The van der Waals surface area contributed by atoms with E-state index in [1.165, 1.54) is 41.7 Å². The van der Waals surface area contributed by atoms with E-state index in [1.807, 2.05) is 16.3 Å². The summed E-state index contributed by atoms with van der Waals surface area (Å²) in [5.74, 6) is -0.880. The average Bonchev–Trinajstić information content (AvgIpc) is 3.59. The van der Waals surface area contributed by atoms with E-state index in [9.17, 15) is 14.7 Å². The Balaban J connectivity index is 1.32. The van der Waals surface area contributed by atoms with Crippen LogP contribution in [0.25, 0.3) is 10.6 Å². The fraction of sp³-hybridized carbons (Fsp3) is 0.440. The van der Waals surface area contributed by atoms with Crippen molar-refractivity contribution in [3.05, 3.63) is 44.2 Å². The van der Waals surface area contributed by atoms with Crippen LogP contribution in [0.1, 0.15) is 47.8 Å². The van der Waals surface area contributed by atoms with Crippen molar-refractivity contribution in [2.45, 2.75) is 45.2 Å². The highest BCUT2D eigenvalue weighted by Gasteiger charge is 2.27. The molecule has 0 aromatic carbocycles. The Morgan fingerprint density at radius 1 is 1.19 bits per heavy atom. The number of hydrogen-bond acceptors (Lipinski definition) is 8. The smallest absolute Gasteiger partial charge is 0.306 e. The van der Waals surface area contributed by atoms with Gasteiger partial charge in [-0.1, -0.05) is 34.5 Å². The third-order valence-electron chi connectivity index (χ3n) is 6.98. The lowest BCUT2D eigenvalue weighted by Gasteiger charge is -2.31. The second-order valence-corrected chi connectivity index (χ2v) is 12.3. The zero-order valence-electron chi connectivity index (χ0n) is 20.2. The molecule has 2 fully saturated rings. The number of amides is 1. The number of thiazole rings is 1. The van der Waals surface area contributed by atoms with E-state index in [0.717, 1.165) is 28.5 Å². The minimum absolute atomic E-state index is 0.333. The second-order valence-electron chi connectivity index (χ2n) is 9.46. The minimum Gasteiger partial charge on any atom is -0.481 e. The first-order valence-electron chi connectivity index (χ1n) is 12.2. The third kappa shape index (κ3) is 5.93. The third-order valence-corrected chi connectivity index (χ3v) is 9.50. The summed E-state index contributed by atoms with van der Waals surface area (Å²) in [6.07, 6.45) is 4.95. The summed E-state index contributed by atoms with van der Waals surface area (Å²) >= 11 is 15.7. The van der Waals surface area contributed by atoms with Crippen molar-refractivity contribution < 1.29 is 14.7 Å². The average molecular weight is 581 g/mol. The van der Waals surface area contributed by atoms with Crippen LogP contribution in [0.5, 0.6) is 0 Å². The first-order valence-corrected chi connectivity index (χ1v) is 14.7. The summed E-state index contributed by atoms with van der Waals surface area (Å²) in [6, 6.07) is 4.02. The maximum Gasteiger partial charge on any atom is 0.306 e. The molecule has 5 rings (SSSR count). The number of aromatic nitrogens is 2. The SMILES string of the molecule is C[C@@H]1CCCN1Cc1sc(NC(=O)c2cnc(N3CCC(C(=O)O)CC3)c(Cl)c2)nc1-c1cc(Cl)cs1. The predicted molar refractivity (Wildman–Crippen MR) is 149 cm³/mol. The van der Waals surface area contributed by atoms with Crippen LogP contribution in [0.3, 0.4) is 0 Å². The lowest BCUT2D eigenvalue weighted by molar-refractivity contribution is -0.142. The van der Waals surface area contributed by atoms with Crippen LogP contribution < -0.4 is 10.2 Å². The molecule has 5 heterocycles. The maximum absolute atomic E-state index is 13.1. The Kier molecular flexibility index (Phi) is 8.02. The van der Waals surface area contributed by atoms with Crippen LogP contribution in [0, 0.1) is 5.92 Å². The topological polar surface area (TPSA) is 98.7 Å². The van der Waals surface area contributed by atoms with Crippen LogP contribution in [0.4, 0.5) is 10.9 Å². The molecule has 2 saturated heterocycles. The van der Waals surface area contributed by atoms with E-state index >= 15 is 0 Å². The van der Waals surface area contributed by atoms with E-state index in [1.54, 1.807) is 6.07 Å². The van der Waals surface area contributed by atoms with Crippen molar-refractivity contribution >= 4 is 68.7 Å². The predicted octanol–water partition coefficient (Wildman–Crippen LogP) is 6.11. The molecule has 12 heteroatoms. The molecular weight excluding hydrogens is 553 g/mol. The van der Waals surface area contributed by atoms with Crippen LogP contribution in [-0.4, -0.2) is 57.5 Å². The Morgan fingerprint density at radius 3 is 2.59 bits per heavy atom. The van der Waals surface area contributed by atoms with Crippen LogP contribution in [0.15, 0.2) is 23.7 Å². The lowest BCUT2D eigenvalue weighted by atomic mass is 9.97. The summed E-state index contributed by atoms with van der Waals surface area (Å²) in [5.41, 5.74) is 1.19. The van der Waals surface area contributed by atoms with Crippen molar-refractivity contribution in [1.29, 1.82) is 0 Å². The normalized spacial score (nSPS) is 18.9. The summed E-state index contributed by atoms with van der Waals surface area (Å²) in [4.78, 5) is 40.0. The number of piperidine rings is 1. The molecule has 196 valence electrons. The van der Waals surface area contributed by atoms with Gasteiger partial charge >= 0.3 is 5.97 Å². The van der Waals surface area contributed by atoms with Gasteiger partial charge in [0.2, 0.25) is 0 Å². The number of nitrogens with zero attached hydrogens (tertiary/aromatic N) is 4. The monoisotopic (exact) mass is 579 g/mol. The highest BCUT2D eigenvalue weighted by atomic mass is 35.5. The highest BCUT2D eigenvalue weighted by molar-refractivity contribution is 7.17. The number of halogens is 2. The van der Waals surface area contributed by atoms with Crippen molar-refractivity contribution in [3.63, 3.8) is 0 Å². The Labute approximate surface area is 233 Å². The van der Waals surface area contributed by atoms with E-state index in [-0.39, 0.29) is 11.8 Å². The Hall–Kier alpha value is -2.24. The number of aliphatic carboxylic acids is 1. The first kappa shape index (κ1) is 26.4. The van der Waals surface area contributed by atoms with Gasteiger partial charge in [-0.25, -0.2) is 9.97 Å². The summed E-state index contributed by atoms with van der Waals surface area (Å²) in [6.45, 7) is 5.19. The molecule has 1 atom stereocenters. The quantitative estimate of drug-likeness (QED) is 0.348. The largest absolute Gasteiger partial charge is 0.481 e. The highest BCUT2D eigenvalue weighted by Crippen LogP contribution is 2.38. The van der Waals surface area contributed by atoms with Crippen LogP contribution >= 0.6 is 45.9 Å². The fourth-order valence-electron chi connectivity index (χ4n) is 4.85. The van der Waals surface area contributed by atoms with E-state index in [4.69, 9.17) is 28.2 Å². The minimum atomic E-state index is -0.767. The molecule has 2 N–H and O–H groups in total. The number of pyridine rings is 1. The zero-order valence-corrected chi connectivity index (χ0v) is 23.4. The maximum atomic E-state index is 13.1. The van der Waals surface area contributed by atoms with Crippen molar-refractivity contribution in [2.75, 3.05) is 29.9 Å². The molecule has 2 aliphatic rings. The molecule has 8 nitrogen and oxygen atoms in total. The van der Waals surface area contributed by atoms with Gasteiger partial charge in [0, 0.05) is 42.1 Å². The molecule has 0 saturated carbocycles. The number of nitrogens with one attached hydrogen (secondary N) is 1. The van der Waals surface area contributed by atoms with Gasteiger partial charge in [0.1, 0.15) is 5.82 Å². The van der Waals surface area contributed by atoms with Crippen LogP contribution in [0.2, 0.25) is 10.0 Å². The number of likely N-dealkylation sites (tertiary alicyclic amines) is 1. The summed E-state index contributed by atoms with van der Waals surface area (Å²) < 4.78 is 0. The molecule has 0 aliphatic carbocycles. The molecule has 1 amide bonds. The van der Waals surface area contributed by atoms with Gasteiger partial charge in [-0.2, -0.15) is 0 Å². The molecule has 0 bridgehead atoms. The molecular formula is C25H27Cl2N5O3S2. The van der Waals surface area contributed by atoms with Gasteiger partial charge in [0.15, 0.2) is 5.13 Å². The molecule has 0 radical (unpaired) electrons. The van der Waals surface area contributed by atoms with Gasteiger partial charge in [-0.05, 0) is 51.3 Å². The summed E-state index contributed by atoms with van der Waals surface area (Å²) in [7, 11) is 0. The number of rotatable bonds is 7. The van der Waals surface area contributed by atoms with Gasteiger partial charge in [0.05, 0.1) is 32.1 Å². The van der Waals surface area contributed by atoms with Gasteiger partial charge in [-0.3, -0.25) is 19.8 Å². The molecule has 37 heavy (non-hydrogen) atoms. The molecule has 0 unspecified atom stereocenters. The van der Waals surface area contributed by atoms with E-state index < -0.39 is 5.97 Å². The zero-order chi connectivity index (χ0) is 26.1. The first-order chi connectivity index (χ1) is 17.8. The fourth-order valence-corrected chi connectivity index (χ4v) is 7.29. The van der Waals surface area contributed by atoms with Crippen molar-refractivity contribution in [1.82, 2.24) is 14.9 Å². The number of anilines is 2. The van der Waals surface area contributed by atoms with Crippen LogP contribution in [-0.2, 0) is 11.3 Å². The molecule has 2 aliphatic heterocycles. The lowest BCUT2D eigenvalue weighted by Crippen LogP contribution is -2.37. The number of carboxylic acids is 1. The van der Waals surface area contributed by atoms with Crippen molar-refractivity contribution in [2.24, 2.45) is 5.92 Å². The Morgan fingerprint density at radius 2 is 1.97 bits per heavy atom. The van der Waals surface area contributed by atoms with Gasteiger partial charge in [0.25, 0.3) is 5.91 Å². The number of carboxylic acid groups (broad SMARTS) is 1. The number of thiophene rings is 1. The number of carbonyl (C=O) groups excluding carboxylic acids is 1. The molecule has 3 aromatic heterocycles. The van der Waals surface area contributed by atoms with Crippen molar-refractivity contribution in [3.8, 4) is 10.6 Å². The van der Waals surface area contributed by atoms with Gasteiger partial charge in [-0.15, -0.1) is 11.3 Å². The van der Waals surface area contributed by atoms with E-state index in [2.05, 4.69) is 22.1 Å². The second kappa shape index (κ2) is 11.2. The Bertz CT molecular complexity index is 1310. The number of hydrogen-bond donors (Lipinski definition) is 2. The van der Waals surface area contributed by atoms with E-state index in [0.29, 0.717) is 58.5 Å². The summed E-state index contributed by atoms with van der Waals surface area (Å²) in [5, 5.41) is 15.6. The number of carbonyl (C=O) groups is 2. The standard InChI is InChI=1S/C25H27Cl2N5O3S2/c1-14-3-2-6-32(14)12-20-21(19-10-17(26)13-36-19)29-25(37-20)30-23(33)16-9-18(27)22(28-11-16)31-7-4-15(5-8-31)24(34)35/h9-11,13-15H,2-8,12H2,1H3,(H,34,35)(H,29,30,33)/t14-/m1/s1. The molecule has 3 aromatic rings. The van der Waals surface area contributed by atoms with Gasteiger partial charge < -0.3 is 10.0 Å².